The molecule has 2 heterocycles. The van der Waals surface area contributed by atoms with E-state index in [0.29, 0.717) is 6.04 Å². The molecule has 1 saturated heterocycles. The van der Waals surface area contributed by atoms with Gasteiger partial charge in [0.2, 0.25) is 0 Å². The predicted molar refractivity (Wildman–Crippen MR) is 60.6 cm³/mol. The van der Waals surface area contributed by atoms with Gasteiger partial charge in [0, 0.05) is 24.3 Å². The van der Waals surface area contributed by atoms with Gasteiger partial charge in [-0.3, -0.25) is 5.10 Å². The summed E-state index contributed by atoms with van der Waals surface area (Å²) in [4.78, 5) is 2.42. The monoisotopic (exact) mass is 208 g/mol. The number of hydrogen-bond acceptors (Lipinski definition) is 3. The molecule has 1 aliphatic rings. The van der Waals surface area contributed by atoms with Crippen LogP contribution >= 0.6 is 0 Å². The van der Waals surface area contributed by atoms with Crippen LogP contribution < -0.4 is 5.32 Å². The Bertz CT molecular complexity index is 270. The lowest BCUT2D eigenvalue weighted by molar-refractivity contribution is 0.343. The van der Waals surface area contributed by atoms with Crippen molar-refractivity contribution in [2.75, 3.05) is 20.1 Å². The number of aromatic nitrogens is 2. The molecular formula is C11H20N4. The van der Waals surface area contributed by atoms with Gasteiger partial charge in [-0.2, -0.15) is 5.10 Å². The summed E-state index contributed by atoms with van der Waals surface area (Å²) in [7, 11) is 2.21. The van der Waals surface area contributed by atoms with Gasteiger partial charge in [-0.1, -0.05) is 0 Å². The molecule has 1 aromatic heterocycles. The van der Waals surface area contributed by atoms with Crippen molar-refractivity contribution in [3.8, 4) is 0 Å². The fourth-order valence-electron chi connectivity index (χ4n) is 2.08. The SMILES string of the molecule is CN1CCCC(NCc2cn[nH]c2)CC1. The first-order chi connectivity index (χ1) is 7.34. The van der Waals surface area contributed by atoms with Crippen molar-refractivity contribution >= 4 is 0 Å². The summed E-state index contributed by atoms with van der Waals surface area (Å²) in [6.07, 6.45) is 7.70. The molecule has 1 fully saturated rings. The molecule has 84 valence electrons. The van der Waals surface area contributed by atoms with Gasteiger partial charge < -0.3 is 10.2 Å². The standard InChI is InChI=1S/C11H20N4/c1-15-5-2-3-11(4-6-15)12-7-10-8-13-14-9-10/h8-9,11-12H,2-7H2,1H3,(H,13,14). The van der Waals surface area contributed by atoms with Crippen LogP contribution in [0.2, 0.25) is 0 Å². The number of nitrogens with one attached hydrogen (secondary N) is 2. The molecule has 0 saturated carbocycles. The average molecular weight is 208 g/mol. The van der Waals surface area contributed by atoms with Crippen LogP contribution in [0.25, 0.3) is 0 Å². The summed E-state index contributed by atoms with van der Waals surface area (Å²) < 4.78 is 0. The van der Waals surface area contributed by atoms with Gasteiger partial charge in [-0.25, -0.2) is 0 Å². The molecule has 1 unspecified atom stereocenters. The Morgan fingerprint density at radius 1 is 1.53 bits per heavy atom. The molecule has 0 aromatic carbocycles. The topological polar surface area (TPSA) is 44.0 Å². The Labute approximate surface area is 91.1 Å². The molecule has 2 N–H and O–H groups in total. The van der Waals surface area contributed by atoms with E-state index in [2.05, 4.69) is 27.5 Å². The number of nitrogens with zero attached hydrogens (tertiary/aromatic N) is 2. The summed E-state index contributed by atoms with van der Waals surface area (Å²) in [5.74, 6) is 0. The second-order valence-corrected chi connectivity index (χ2v) is 4.42. The number of aromatic amines is 1. The van der Waals surface area contributed by atoms with Gasteiger partial charge in [0.15, 0.2) is 0 Å². The second-order valence-electron chi connectivity index (χ2n) is 4.42. The number of rotatable bonds is 3. The summed E-state index contributed by atoms with van der Waals surface area (Å²) in [5, 5.41) is 10.4. The molecule has 15 heavy (non-hydrogen) atoms. The van der Waals surface area contributed by atoms with Crippen molar-refractivity contribution < 1.29 is 0 Å². The van der Waals surface area contributed by atoms with Crippen LogP contribution in [0.3, 0.4) is 0 Å². The molecule has 0 bridgehead atoms. The highest BCUT2D eigenvalue weighted by Gasteiger charge is 2.13. The Kier molecular flexibility index (Phi) is 3.75. The van der Waals surface area contributed by atoms with E-state index in [1.807, 2.05) is 12.4 Å². The Hall–Kier alpha value is -0.870. The maximum absolute atomic E-state index is 3.94. The van der Waals surface area contributed by atoms with Gasteiger partial charge >= 0.3 is 0 Å². The fraction of sp³-hybridized carbons (Fsp3) is 0.727. The maximum Gasteiger partial charge on any atom is 0.0532 e. The number of likely N-dealkylation sites (tertiary alicyclic amines) is 1. The van der Waals surface area contributed by atoms with Gasteiger partial charge in [0.1, 0.15) is 0 Å². The summed E-state index contributed by atoms with van der Waals surface area (Å²) in [6, 6.07) is 0.671. The third-order valence-electron chi connectivity index (χ3n) is 3.10. The Morgan fingerprint density at radius 2 is 2.47 bits per heavy atom. The van der Waals surface area contributed by atoms with Gasteiger partial charge in [-0.15, -0.1) is 0 Å². The summed E-state index contributed by atoms with van der Waals surface area (Å²) in [5.41, 5.74) is 1.24. The largest absolute Gasteiger partial charge is 0.310 e. The van der Waals surface area contributed by atoms with E-state index in [1.165, 1.54) is 37.9 Å². The molecule has 1 aromatic rings. The highest BCUT2D eigenvalue weighted by molar-refractivity contribution is 5.01. The molecule has 4 nitrogen and oxygen atoms in total. The van der Waals surface area contributed by atoms with Crippen molar-refractivity contribution in [3.63, 3.8) is 0 Å². The second kappa shape index (κ2) is 5.28. The zero-order valence-electron chi connectivity index (χ0n) is 9.37. The third kappa shape index (κ3) is 3.32. The average Bonchev–Trinajstić information content (AvgIpc) is 2.66. The molecule has 4 heteroatoms. The van der Waals surface area contributed by atoms with Gasteiger partial charge in [-0.05, 0) is 39.4 Å². The molecule has 1 aliphatic heterocycles. The first-order valence-corrected chi connectivity index (χ1v) is 5.74. The van der Waals surface area contributed by atoms with E-state index < -0.39 is 0 Å². The van der Waals surface area contributed by atoms with E-state index in [-0.39, 0.29) is 0 Å². The smallest absolute Gasteiger partial charge is 0.0532 e. The zero-order valence-corrected chi connectivity index (χ0v) is 9.37. The van der Waals surface area contributed by atoms with Crippen LogP contribution in [0.15, 0.2) is 12.4 Å². The Morgan fingerprint density at radius 3 is 3.27 bits per heavy atom. The van der Waals surface area contributed by atoms with Crippen LogP contribution in [-0.2, 0) is 6.54 Å². The predicted octanol–water partition coefficient (Wildman–Crippen LogP) is 0.984. The molecule has 2 rings (SSSR count). The first-order valence-electron chi connectivity index (χ1n) is 5.74. The first kappa shape index (κ1) is 10.6. The molecule has 0 aliphatic carbocycles. The van der Waals surface area contributed by atoms with Crippen molar-refractivity contribution in [2.45, 2.75) is 31.8 Å². The van der Waals surface area contributed by atoms with Crippen molar-refractivity contribution in [3.05, 3.63) is 18.0 Å². The molecule has 0 amide bonds. The fourth-order valence-corrected chi connectivity index (χ4v) is 2.08. The van der Waals surface area contributed by atoms with E-state index in [9.17, 15) is 0 Å². The molecular weight excluding hydrogens is 188 g/mol. The number of hydrogen-bond donors (Lipinski definition) is 2. The molecule has 0 spiro atoms. The van der Waals surface area contributed by atoms with Gasteiger partial charge in [0.25, 0.3) is 0 Å². The van der Waals surface area contributed by atoms with E-state index in [0.717, 1.165) is 6.54 Å². The number of H-pyrrole nitrogens is 1. The van der Waals surface area contributed by atoms with E-state index in [4.69, 9.17) is 0 Å². The van der Waals surface area contributed by atoms with Crippen LogP contribution in [0.1, 0.15) is 24.8 Å². The summed E-state index contributed by atoms with van der Waals surface area (Å²) >= 11 is 0. The van der Waals surface area contributed by atoms with Crippen LogP contribution in [0, 0.1) is 0 Å². The summed E-state index contributed by atoms with van der Waals surface area (Å²) in [6.45, 7) is 3.39. The lowest BCUT2D eigenvalue weighted by Crippen LogP contribution is -2.29. The maximum atomic E-state index is 3.94. The van der Waals surface area contributed by atoms with Crippen molar-refractivity contribution in [1.29, 1.82) is 0 Å². The lowest BCUT2D eigenvalue weighted by atomic mass is 10.1. The van der Waals surface area contributed by atoms with E-state index >= 15 is 0 Å². The Balaban J connectivity index is 1.74. The third-order valence-corrected chi connectivity index (χ3v) is 3.10. The quantitative estimate of drug-likeness (QED) is 0.778. The van der Waals surface area contributed by atoms with E-state index in [1.54, 1.807) is 0 Å². The minimum Gasteiger partial charge on any atom is -0.310 e. The van der Waals surface area contributed by atoms with Crippen molar-refractivity contribution in [1.82, 2.24) is 20.4 Å². The normalized spacial score (nSPS) is 23.9. The highest BCUT2D eigenvalue weighted by atomic mass is 15.1. The van der Waals surface area contributed by atoms with Gasteiger partial charge in [0.05, 0.1) is 6.20 Å². The minimum atomic E-state index is 0.671. The van der Waals surface area contributed by atoms with Crippen LogP contribution in [-0.4, -0.2) is 41.3 Å². The lowest BCUT2D eigenvalue weighted by Gasteiger charge is -2.16. The molecule has 1 atom stereocenters. The van der Waals surface area contributed by atoms with Crippen LogP contribution in [0.5, 0.6) is 0 Å². The molecule has 0 radical (unpaired) electrons. The van der Waals surface area contributed by atoms with Crippen LogP contribution in [0.4, 0.5) is 0 Å². The zero-order chi connectivity index (χ0) is 10.5. The van der Waals surface area contributed by atoms with Crippen molar-refractivity contribution in [2.24, 2.45) is 0 Å². The highest BCUT2D eigenvalue weighted by Crippen LogP contribution is 2.10. The minimum absolute atomic E-state index is 0.671.